The van der Waals surface area contributed by atoms with Gasteiger partial charge in [0.25, 0.3) is 0 Å². The number of hydrogen-bond donors (Lipinski definition) is 1. The van der Waals surface area contributed by atoms with Gasteiger partial charge < -0.3 is 0 Å². The second-order valence-electron chi connectivity index (χ2n) is 8.97. The van der Waals surface area contributed by atoms with Gasteiger partial charge in [-0.05, 0) is 55.5 Å². The minimum Gasteiger partial charge on any atom is -0.297 e. The number of rotatable bonds is 7. The molecule has 0 unspecified atom stereocenters. The van der Waals surface area contributed by atoms with Crippen LogP contribution in [-0.2, 0) is 9.98 Å². The molecule has 3 aromatic rings. The van der Waals surface area contributed by atoms with Crippen molar-refractivity contribution in [1.82, 2.24) is 5.09 Å². The maximum absolute atomic E-state index is 14.8. The zero-order valence-corrected chi connectivity index (χ0v) is 19.5. The maximum Gasteiger partial charge on any atom is 0.204 e. The summed E-state index contributed by atoms with van der Waals surface area (Å²) in [5.74, 6) is 0.286. The Hall–Kier alpha value is -2.66. The first kappa shape index (κ1) is 22.5. The van der Waals surface area contributed by atoms with Crippen LogP contribution in [0, 0.1) is 17.2 Å². The molecule has 1 saturated carbocycles. The van der Waals surface area contributed by atoms with Crippen molar-refractivity contribution in [3.63, 3.8) is 0 Å². The predicted octanol–water partition coefficient (Wildman–Crippen LogP) is 5.94. The largest absolute Gasteiger partial charge is 0.297 e. The van der Waals surface area contributed by atoms with E-state index in [1.807, 2.05) is 97.9 Å². The van der Waals surface area contributed by atoms with Crippen molar-refractivity contribution in [2.24, 2.45) is 5.92 Å². The Morgan fingerprint density at radius 2 is 1.31 bits per heavy atom. The zero-order valence-electron chi connectivity index (χ0n) is 18.7. The molecule has 3 aromatic carbocycles. The summed E-state index contributed by atoms with van der Waals surface area (Å²) < 4.78 is 14.8. The molecule has 0 heterocycles. The van der Waals surface area contributed by atoms with E-state index in [9.17, 15) is 9.83 Å². The van der Waals surface area contributed by atoms with Crippen LogP contribution in [0.5, 0.6) is 0 Å². The van der Waals surface area contributed by atoms with Gasteiger partial charge in [-0.15, -0.1) is 0 Å². The third-order valence-corrected chi connectivity index (χ3v) is 9.60. The monoisotopic (exact) mass is 442 g/mol. The Morgan fingerprint density at radius 1 is 0.844 bits per heavy atom. The van der Waals surface area contributed by atoms with Gasteiger partial charge in [-0.1, -0.05) is 86.0 Å². The molecular formula is C28H31N2OP. The van der Waals surface area contributed by atoms with Gasteiger partial charge in [0.05, 0.1) is 11.5 Å². The fourth-order valence-corrected chi connectivity index (χ4v) is 7.68. The summed E-state index contributed by atoms with van der Waals surface area (Å²) in [5, 5.41) is 15.7. The highest BCUT2D eigenvalue weighted by Crippen LogP contribution is 2.46. The van der Waals surface area contributed by atoms with Crippen LogP contribution in [0.4, 0.5) is 0 Å². The number of nitriles is 1. The molecule has 0 amide bonds. The molecule has 1 aliphatic rings. The molecule has 1 fully saturated rings. The van der Waals surface area contributed by atoms with Crippen molar-refractivity contribution in [2.75, 3.05) is 0 Å². The van der Waals surface area contributed by atoms with Crippen LogP contribution < -0.4 is 15.7 Å². The van der Waals surface area contributed by atoms with Gasteiger partial charge >= 0.3 is 0 Å². The van der Waals surface area contributed by atoms with Crippen LogP contribution in [0.3, 0.4) is 0 Å². The molecule has 164 valence electrons. The molecule has 0 bridgehead atoms. The molecule has 0 spiro atoms. The van der Waals surface area contributed by atoms with Crippen molar-refractivity contribution >= 4 is 17.9 Å². The summed E-state index contributed by atoms with van der Waals surface area (Å²) in [6.45, 7) is 2.01. The van der Waals surface area contributed by atoms with E-state index in [0.29, 0.717) is 0 Å². The second kappa shape index (κ2) is 9.86. The molecular weight excluding hydrogens is 411 g/mol. The van der Waals surface area contributed by atoms with E-state index in [1.54, 1.807) is 0 Å². The lowest BCUT2D eigenvalue weighted by Gasteiger charge is -2.42. The predicted molar refractivity (Wildman–Crippen MR) is 133 cm³/mol. The lowest BCUT2D eigenvalue weighted by molar-refractivity contribution is 0.239. The van der Waals surface area contributed by atoms with Crippen LogP contribution in [-0.4, -0.2) is 6.04 Å². The lowest BCUT2D eigenvalue weighted by atomic mass is 9.69. The molecule has 2 atom stereocenters. The fraction of sp³-hybridized carbons (Fsp3) is 0.321. The Balaban J connectivity index is 1.85. The van der Waals surface area contributed by atoms with E-state index in [-0.39, 0.29) is 12.0 Å². The van der Waals surface area contributed by atoms with E-state index in [2.05, 4.69) is 11.2 Å². The Bertz CT molecular complexity index is 1050. The first-order chi connectivity index (χ1) is 15.6. The van der Waals surface area contributed by atoms with Crippen molar-refractivity contribution in [2.45, 2.75) is 50.5 Å². The van der Waals surface area contributed by atoms with Crippen LogP contribution in [0.2, 0.25) is 0 Å². The van der Waals surface area contributed by atoms with Crippen LogP contribution >= 0.6 is 7.29 Å². The van der Waals surface area contributed by atoms with Crippen molar-refractivity contribution < 1.29 is 4.57 Å². The Kier molecular flexibility index (Phi) is 6.95. The Labute approximate surface area is 191 Å². The van der Waals surface area contributed by atoms with Gasteiger partial charge in [0.1, 0.15) is 0 Å². The van der Waals surface area contributed by atoms with E-state index in [0.717, 1.165) is 41.9 Å². The fourth-order valence-electron chi connectivity index (χ4n) is 5.04. The summed E-state index contributed by atoms with van der Waals surface area (Å²) in [6, 6.07) is 31.8. The highest BCUT2D eigenvalue weighted by Gasteiger charge is 2.45. The second-order valence-corrected chi connectivity index (χ2v) is 11.5. The third-order valence-electron chi connectivity index (χ3n) is 6.91. The molecule has 4 heteroatoms. The molecule has 0 aromatic heterocycles. The SMILES string of the molecule is C[C@@](C#N)(c1ccccc1)[C@H](NP(=O)(c1ccccc1)c1ccccc1)C1CCCCC1. The summed E-state index contributed by atoms with van der Waals surface area (Å²) in [4.78, 5) is 0. The molecule has 4 rings (SSSR count). The van der Waals surface area contributed by atoms with E-state index in [1.165, 1.54) is 6.42 Å². The Morgan fingerprint density at radius 3 is 1.78 bits per heavy atom. The smallest absolute Gasteiger partial charge is 0.204 e. The van der Waals surface area contributed by atoms with Crippen molar-refractivity contribution in [3.8, 4) is 6.07 Å². The first-order valence-corrected chi connectivity index (χ1v) is 13.2. The average Bonchev–Trinajstić information content (AvgIpc) is 2.89. The highest BCUT2D eigenvalue weighted by molar-refractivity contribution is 7.76. The quantitative estimate of drug-likeness (QED) is 0.461. The van der Waals surface area contributed by atoms with Crippen LogP contribution in [0.25, 0.3) is 0 Å². The van der Waals surface area contributed by atoms with Gasteiger partial charge in [-0.2, -0.15) is 5.26 Å². The van der Waals surface area contributed by atoms with Gasteiger partial charge in [0.15, 0.2) is 0 Å². The van der Waals surface area contributed by atoms with E-state index < -0.39 is 12.7 Å². The maximum atomic E-state index is 14.8. The molecule has 3 nitrogen and oxygen atoms in total. The van der Waals surface area contributed by atoms with Gasteiger partial charge in [0, 0.05) is 16.7 Å². The van der Waals surface area contributed by atoms with Crippen LogP contribution in [0.1, 0.15) is 44.6 Å². The number of nitrogens with zero attached hydrogens (tertiary/aromatic N) is 1. The number of nitrogens with one attached hydrogen (secondary N) is 1. The molecule has 32 heavy (non-hydrogen) atoms. The first-order valence-electron chi connectivity index (χ1n) is 11.5. The minimum absolute atomic E-state index is 0.235. The zero-order chi connectivity index (χ0) is 22.4. The molecule has 0 radical (unpaired) electrons. The average molecular weight is 443 g/mol. The topological polar surface area (TPSA) is 52.9 Å². The molecule has 0 aliphatic heterocycles. The standard InChI is InChI=1S/C28H31N2OP/c1-28(22-29,24-16-8-3-9-17-24)27(23-14-6-2-7-15-23)30-32(31,25-18-10-4-11-19-25)26-20-12-5-13-21-26/h3-5,8-13,16-21,23,27H,2,6-7,14-15H2,1H3,(H,30,31)/t27-,28-/m1/s1. The normalized spacial score (nSPS) is 17.8. The summed E-state index contributed by atoms with van der Waals surface area (Å²) in [6.07, 6.45) is 5.63. The highest BCUT2D eigenvalue weighted by atomic mass is 31.2. The van der Waals surface area contributed by atoms with E-state index in [4.69, 9.17) is 0 Å². The van der Waals surface area contributed by atoms with Crippen LogP contribution in [0.15, 0.2) is 91.0 Å². The van der Waals surface area contributed by atoms with Gasteiger partial charge in [0.2, 0.25) is 7.29 Å². The number of hydrogen-bond acceptors (Lipinski definition) is 2. The van der Waals surface area contributed by atoms with Crippen molar-refractivity contribution in [1.29, 1.82) is 5.26 Å². The summed E-state index contributed by atoms with van der Waals surface area (Å²) in [7, 11) is -3.18. The van der Waals surface area contributed by atoms with Gasteiger partial charge in [-0.3, -0.25) is 9.65 Å². The van der Waals surface area contributed by atoms with Crippen molar-refractivity contribution in [3.05, 3.63) is 96.6 Å². The minimum atomic E-state index is -3.18. The lowest BCUT2D eigenvalue weighted by Crippen LogP contribution is -2.52. The molecule has 0 saturated heterocycles. The molecule has 1 aliphatic carbocycles. The molecule has 1 N–H and O–H groups in total. The summed E-state index contributed by atoms with van der Waals surface area (Å²) in [5.41, 5.74) is 0.168. The number of benzene rings is 3. The van der Waals surface area contributed by atoms with E-state index >= 15 is 0 Å². The summed E-state index contributed by atoms with van der Waals surface area (Å²) >= 11 is 0. The third kappa shape index (κ3) is 4.44. The van der Waals surface area contributed by atoms with Gasteiger partial charge in [-0.25, -0.2) is 0 Å².